The van der Waals surface area contributed by atoms with Crippen LogP contribution in [0.25, 0.3) is 0 Å². The predicted octanol–water partition coefficient (Wildman–Crippen LogP) is 0.125. The fourth-order valence-corrected chi connectivity index (χ4v) is 4.05. The quantitative estimate of drug-likeness (QED) is 0.799. The second-order valence-corrected chi connectivity index (χ2v) is 6.66. The van der Waals surface area contributed by atoms with Crippen molar-refractivity contribution < 1.29 is 23.1 Å². The largest absolute Gasteiger partial charge is 0.468 e. The van der Waals surface area contributed by atoms with Crippen LogP contribution in [0, 0.1) is 0 Å². The van der Waals surface area contributed by atoms with E-state index >= 15 is 0 Å². The molecule has 6 nitrogen and oxygen atoms in total. The van der Waals surface area contributed by atoms with Crippen molar-refractivity contribution in [2.45, 2.75) is 24.3 Å². The van der Waals surface area contributed by atoms with Crippen LogP contribution in [-0.2, 0) is 25.3 Å². The first-order valence-corrected chi connectivity index (χ1v) is 7.84. The highest BCUT2D eigenvalue weighted by Crippen LogP contribution is 2.24. The van der Waals surface area contributed by atoms with Gasteiger partial charge < -0.3 is 9.84 Å². The number of benzene rings is 1. The minimum absolute atomic E-state index is 0.0701. The lowest BCUT2D eigenvalue weighted by Crippen LogP contribution is -2.41. The molecule has 0 aliphatic carbocycles. The van der Waals surface area contributed by atoms with Crippen molar-refractivity contribution >= 4 is 16.0 Å². The SMILES string of the molecule is COC(=O)[C@@H]1C[C@@H](O)CN1S(=O)(=O)Cc1ccccc1. The summed E-state index contributed by atoms with van der Waals surface area (Å²) in [6.45, 7) is -0.0745. The molecule has 1 saturated heterocycles. The summed E-state index contributed by atoms with van der Waals surface area (Å²) in [7, 11) is -2.47. The van der Waals surface area contributed by atoms with Crippen LogP contribution < -0.4 is 0 Å². The van der Waals surface area contributed by atoms with E-state index in [-0.39, 0.29) is 18.7 Å². The van der Waals surface area contributed by atoms with Crippen molar-refractivity contribution in [3.8, 4) is 0 Å². The first-order chi connectivity index (χ1) is 9.44. The molecule has 7 heteroatoms. The predicted molar refractivity (Wildman–Crippen MR) is 72.2 cm³/mol. The fraction of sp³-hybridized carbons (Fsp3) is 0.462. The molecule has 110 valence electrons. The number of carbonyl (C=O) groups is 1. The molecule has 20 heavy (non-hydrogen) atoms. The molecule has 0 aromatic heterocycles. The summed E-state index contributed by atoms with van der Waals surface area (Å²) in [5, 5.41) is 9.63. The van der Waals surface area contributed by atoms with Crippen LogP contribution in [0.5, 0.6) is 0 Å². The van der Waals surface area contributed by atoms with E-state index in [9.17, 15) is 18.3 Å². The van der Waals surface area contributed by atoms with Crippen molar-refractivity contribution in [2.24, 2.45) is 0 Å². The number of aliphatic hydroxyl groups is 1. The lowest BCUT2D eigenvalue weighted by Gasteiger charge is -2.21. The third kappa shape index (κ3) is 3.17. The number of nitrogens with zero attached hydrogens (tertiary/aromatic N) is 1. The van der Waals surface area contributed by atoms with Gasteiger partial charge in [0.25, 0.3) is 0 Å². The normalized spacial score (nSPS) is 23.7. The van der Waals surface area contributed by atoms with Crippen molar-refractivity contribution in [1.82, 2.24) is 4.31 Å². The maximum atomic E-state index is 12.4. The second kappa shape index (κ2) is 5.90. The van der Waals surface area contributed by atoms with E-state index in [2.05, 4.69) is 4.74 Å². The third-order valence-corrected chi connectivity index (χ3v) is 5.07. The van der Waals surface area contributed by atoms with Crippen LogP contribution in [0.1, 0.15) is 12.0 Å². The number of esters is 1. The number of β-amino-alcohol motifs (C(OH)–C–C–N with tert-alkyl or cyclic N) is 1. The molecule has 1 heterocycles. The van der Waals surface area contributed by atoms with Gasteiger partial charge in [0, 0.05) is 13.0 Å². The molecule has 1 aliphatic rings. The number of aliphatic hydroxyl groups excluding tert-OH is 1. The minimum Gasteiger partial charge on any atom is -0.468 e. The molecule has 0 spiro atoms. The van der Waals surface area contributed by atoms with E-state index in [0.29, 0.717) is 5.56 Å². The Labute approximate surface area is 118 Å². The van der Waals surface area contributed by atoms with Gasteiger partial charge in [-0.05, 0) is 5.56 Å². The van der Waals surface area contributed by atoms with Gasteiger partial charge >= 0.3 is 5.97 Å². The zero-order valence-electron chi connectivity index (χ0n) is 11.1. The number of hydrogen-bond acceptors (Lipinski definition) is 5. The summed E-state index contributed by atoms with van der Waals surface area (Å²) in [5.74, 6) is -0.841. The summed E-state index contributed by atoms with van der Waals surface area (Å²) in [6, 6.07) is 7.77. The van der Waals surface area contributed by atoms with Gasteiger partial charge in [0.05, 0.1) is 19.0 Å². The summed E-state index contributed by atoms with van der Waals surface area (Å²) >= 11 is 0. The zero-order chi connectivity index (χ0) is 14.8. The smallest absolute Gasteiger partial charge is 0.324 e. The van der Waals surface area contributed by atoms with Crippen molar-refractivity contribution in [3.05, 3.63) is 35.9 Å². The maximum Gasteiger partial charge on any atom is 0.324 e. The topological polar surface area (TPSA) is 83.9 Å². The van der Waals surface area contributed by atoms with Crippen molar-refractivity contribution in [3.63, 3.8) is 0 Å². The Kier molecular flexibility index (Phi) is 4.42. The van der Waals surface area contributed by atoms with Gasteiger partial charge in [-0.2, -0.15) is 4.31 Å². The van der Waals surface area contributed by atoms with Gasteiger partial charge in [0.1, 0.15) is 6.04 Å². The lowest BCUT2D eigenvalue weighted by atomic mass is 10.2. The van der Waals surface area contributed by atoms with E-state index < -0.39 is 28.1 Å². The Morgan fingerprint density at radius 3 is 2.65 bits per heavy atom. The molecule has 0 bridgehead atoms. The molecule has 0 unspecified atom stereocenters. The number of methoxy groups -OCH3 is 1. The molecule has 1 fully saturated rings. The Hall–Kier alpha value is -1.44. The summed E-state index contributed by atoms with van der Waals surface area (Å²) in [5.41, 5.74) is 0.637. The van der Waals surface area contributed by atoms with Gasteiger partial charge in [-0.3, -0.25) is 4.79 Å². The molecular formula is C13H17NO5S. The average Bonchev–Trinajstić information content (AvgIpc) is 2.81. The number of carbonyl (C=O) groups excluding carboxylic acids is 1. The Bertz CT molecular complexity index is 572. The zero-order valence-corrected chi connectivity index (χ0v) is 11.9. The fourth-order valence-electron chi connectivity index (χ4n) is 2.31. The first kappa shape index (κ1) is 15.0. The van der Waals surface area contributed by atoms with Gasteiger partial charge in [0.15, 0.2) is 0 Å². The molecule has 1 N–H and O–H groups in total. The van der Waals surface area contributed by atoms with Crippen LogP contribution in [-0.4, -0.2) is 49.6 Å². The minimum atomic E-state index is -3.68. The molecule has 0 amide bonds. The Morgan fingerprint density at radius 1 is 1.40 bits per heavy atom. The Balaban J connectivity index is 2.21. The standard InChI is InChI=1S/C13H17NO5S/c1-19-13(16)12-7-11(15)8-14(12)20(17,18)9-10-5-3-2-4-6-10/h2-6,11-12,15H,7-9H2,1H3/t11-,12+/m1/s1. The van der Waals surface area contributed by atoms with Crippen LogP contribution in [0.4, 0.5) is 0 Å². The van der Waals surface area contributed by atoms with Crippen LogP contribution in [0.3, 0.4) is 0 Å². The molecule has 2 atom stereocenters. The molecule has 1 aromatic carbocycles. The average molecular weight is 299 g/mol. The lowest BCUT2D eigenvalue weighted by molar-refractivity contribution is -0.144. The van der Waals surface area contributed by atoms with E-state index in [0.717, 1.165) is 4.31 Å². The van der Waals surface area contributed by atoms with Crippen LogP contribution in [0.15, 0.2) is 30.3 Å². The molecule has 2 rings (SSSR count). The number of sulfonamides is 1. The van der Waals surface area contributed by atoms with Crippen LogP contribution in [0.2, 0.25) is 0 Å². The summed E-state index contributed by atoms with van der Waals surface area (Å²) < 4.78 is 30.4. The van der Waals surface area contributed by atoms with E-state index in [1.54, 1.807) is 30.3 Å². The Morgan fingerprint density at radius 2 is 2.05 bits per heavy atom. The van der Waals surface area contributed by atoms with Gasteiger partial charge in [-0.15, -0.1) is 0 Å². The highest BCUT2D eigenvalue weighted by Gasteiger charge is 2.43. The highest BCUT2D eigenvalue weighted by molar-refractivity contribution is 7.88. The number of hydrogen-bond donors (Lipinski definition) is 1. The second-order valence-electron chi connectivity index (χ2n) is 4.74. The summed E-state index contributed by atoms with van der Waals surface area (Å²) in [6.07, 6.45) is -0.773. The van der Waals surface area contributed by atoms with Crippen LogP contribution >= 0.6 is 0 Å². The monoisotopic (exact) mass is 299 g/mol. The third-order valence-electron chi connectivity index (χ3n) is 3.26. The maximum absolute atomic E-state index is 12.4. The molecule has 0 radical (unpaired) electrons. The van der Waals surface area contributed by atoms with Gasteiger partial charge in [-0.25, -0.2) is 8.42 Å². The van der Waals surface area contributed by atoms with Gasteiger partial charge in [0.2, 0.25) is 10.0 Å². The number of rotatable bonds is 4. The van der Waals surface area contributed by atoms with Crippen molar-refractivity contribution in [1.29, 1.82) is 0 Å². The van der Waals surface area contributed by atoms with Crippen molar-refractivity contribution in [2.75, 3.05) is 13.7 Å². The van der Waals surface area contributed by atoms with Gasteiger partial charge in [-0.1, -0.05) is 30.3 Å². The molecular weight excluding hydrogens is 282 g/mol. The first-order valence-electron chi connectivity index (χ1n) is 6.23. The number of ether oxygens (including phenoxy) is 1. The van der Waals surface area contributed by atoms with E-state index in [4.69, 9.17) is 0 Å². The molecule has 0 saturated carbocycles. The molecule has 1 aliphatic heterocycles. The van der Waals surface area contributed by atoms with E-state index in [1.807, 2.05) is 0 Å². The highest BCUT2D eigenvalue weighted by atomic mass is 32.2. The molecule has 1 aromatic rings. The summed E-state index contributed by atoms with van der Waals surface area (Å²) in [4.78, 5) is 11.6. The van der Waals surface area contributed by atoms with E-state index in [1.165, 1.54) is 7.11 Å².